The molecule has 2 heterocycles. The molecular weight excluding hydrogens is 236 g/mol. The summed E-state index contributed by atoms with van der Waals surface area (Å²) in [6.07, 6.45) is 3.27. The highest BCUT2D eigenvalue weighted by atomic mass is 32.1. The molecule has 0 unspecified atom stereocenters. The van der Waals surface area contributed by atoms with Gasteiger partial charge in [-0.05, 0) is 25.1 Å². The van der Waals surface area contributed by atoms with Gasteiger partial charge in [-0.2, -0.15) is 0 Å². The molecule has 1 fully saturated rings. The fourth-order valence-corrected chi connectivity index (χ4v) is 2.30. The lowest BCUT2D eigenvalue weighted by molar-refractivity contribution is -0.160. The van der Waals surface area contributed by atoms with Gasteiger partial charge in [0.15, 0.2) is 0 Å². The third kappa shape index (κ3) is 3.41. The average Bonchev–Trinajstić information content (AvgIpc) is 2.67. The van der Waals surface area contributed by atoms with E-state index in [2.05, 4.69) is 6.92 Å². The first kappa shape index (κ1) is 12.3. The zero-order valence-electron chi connectivity index (χ0n) is 10.1. The van der Waals surface area contributed by atoms with Gasteiger partial charge in [0, 0.05) is 21.2 Å². The Morgan fingerprint density at radius 3 is 2.88 bits per heavy atom. The van der Waals surface area contributed by atoms with E-state index < -0.39 is 0 Å². The second kappa shape index (κ2) is 5.02. The zero-order valence-corrected chi connectivity index (χ0v) is 10.9. The van der Waals surface area contributed by atoms with Crippen LogP contribution < -0.4 is 0 Å². The van der Waals surface area contributed by atoms with E-state index in [1.165, 1.54) is 11.0 Å². The first-order chi connectivity index (χ1) is 8.07. The Labute approximate surface area is 105 Å². The van der Waals surface area contributed by atoms with Gasteiger partial charge in [-0.15, -0.1) is 11.3 Å². The Bertz CT molecular complexity index is 430. The van der Waals surface area contributed by atoms with Crippen LogP contribution in [0.25, 0.3) is 6.08 Å². The topological polar surface area (TPSA) is 35.5 Å². The van der Waals surface area contributed by atoms with Crippen LogP contribution in [0.4, 0.5) is 0 Å². The summed E-state index contributed by atoms with van der Waals surface area (Å²) >= 11 is 1.65. The molecule has 2 rings (SSSR count). The standard InChI is InChI=1S/C13H16O3S/c1-10-3-4-11(17-10)5-6-12(14)16-9-13(2)7-15-8-13/h3-6H,7-9H2,1-2H3/b6-5+. The van der Waals surface area contributed by atoms with E-state index in [4.69, 9.17) is 9.47 Å². The SMILES string of the molecule is Cc1ccc(/C=C/C(=O)OCC2(C)COC2)s1. The normalized spacial score (nSPS) is 18.0. The molecule has 0 N–H and O–H groups in total. The van der Waals surface area contributed by atoms with Gasteiger partial charge < -0.3 is 9.47 Å². The van der Waals surface area contributed by atoms with E-state index in [1.807, 2.05) is 19.1 Å². The summed E-state index contributed by atoms with van der Waals surface area (Å²) in [7, 11) is 0. The third-order valence-corrected chi connectivity index (χ3v) is 3.57. The van der Waals surface area contributed by atoms with Crippen molar-refractivity contribution in [3.05, 3.63) is 28.0 Å². The number of aryl methyl sites for hydroxylation is 1. The average molecular weight is 252 g/mol. The van der Waals surface area contributed by atoms with Crippen LogP contribution in [0.2, 0.25) is 0 Å². The maximum atomic E-state index is 11.5. The van der Waals surface area contributed by atoms with Gasteiger partial charge in [0.1, 0.15) is 6.61 Å². The fraction of sp³-hybridized carbons (Fsp3) is 0.462. The predicted molar refractivity (Wildman–Crippen MR) is 68.0 cm³/mol. The van der Waals surface area contributed by atoms with Gasteiger partial charge in [0.2, 0.25) is 0 Å². The Kier molecular flexibility index (Phi) is 3.64. The lowest BCUT2D eigenvalue weighted by atomic mass is 9.90. The van der Waals surface area contributed by atoms with Crippen molar-refractivity contribution in [2.24, 2.45) is 5.41 Å². The van der Waals surface area contributed by atoms with E-state index in [0.29, 0.717) is 19.8 Å². The molecule has 0 saturated carbocycles. The molecule has 0 aromatic carbocycles. The van der Waals surface area contributed by atoms with Crippen molar-refractivity contribution in [1.82, 2.24) is 0 Å². The lowest BCUT2D eigenvalue weighted by Gasteiger charge is -2.36. The number of ether oxygens (including phenoxy) is 2. The number of carbonyl (C=O) groups is 1. The molecule has 1 aliphatic rings. The Hall–Kier alpha value is -1.13. The molecule has 17 heavy (non-hydrogen) atoms. The Balaban J connectivity index is 1.79. The quantitative estimate of drug-likeness (QED) is 0.610. The molecule has 0 radical (unpaired) electrons. The van der Waals surface area contributed by atoms with Crippen LogP contribution in [0, 0.1) is 12.3 Å². The van der Waals surface area contributed by atoms with Gasteiger partial charge in [-0.25, -0.2) is 4.79 Å². The monoisotopic (exact) mass is 252 g/mol. The van der Waals surface area contributed by atoms with Crippen LogP contribution in [0.15, 0.2) is 18.2 Å². The smallest absolute Gasteiger partial charge is 0.330 e. The highest BCUT2D eigenvalue weighted by Crippen LogP contribution is 2.26. The molecule has 1 aromatic rings. The largest absolute Gasteiger partial charge is 0.462 e. The molecule has 0 bridgehead atoms. The van der Waals surface area contributed by atoms with Crippen molar-refractivity contribution in [1.29, 1.82) is 0 Å². The van der Waals surface area contributed by atoms with Gasteiger partial charge in [-0.1, -0.05) is 6.92 Å². The number of rotatable bonds is 4. The van der Waals surface area contributed by atoms with Crippen molar-refractivity contribution in [3.8, 4) is 0 Å². The molecule has 92 valence electrons. The van der Waals surface area contributed by atoms with Crippen molar-refractivity contribution in [2.75, 3.05) is 19.8 Å². The van der Waals surface area contributed by atoms with Crippen molar-refractivity contribution in [2.45, 2.75) is 13.8 Å². The summed E-state index contributed by atoms with van der Waals surface area (Å²) in [6, 6.07) is 4.02. The highest BCUT2D eigenvalue weighted by molar-refractivity contribution is 7.12. The molecule has 1 aromatic heterocycles. The maximum Gasteiger partial charge on any atom is 0.330 e. The minimum absolute atomic E-state index is 0.0169. The van der Waals surface area contributed by atoms with Gasteiger partial charge >= 0.3 is 5.97 Å². The molecule has 0 aliphatic carbocycles. The van der Waals surface area contributed by atoms with Gasteiger partial charge in [0.05, 0.1) is 13.2 Å². The van der Waals surface area contributed by atoms with Crippen LogP contribution in [-0.4, -0.2) is 25.8 Å². The molecule has 0 atom stereocenters. The summed E-state index contributed by atoms with van der Waals surface area (Å²) in [4.78, 5) is 13.8. The lowest BCUT2D eigenvalue weighted by Crippen LogP contribution is -2.43. The minimum atomic E-state index is -0.288. The Morgan fingerprint density at radius 1 is 1.59 bits per heavy atom. The zero-order chi connectivity index (χ0) is 12.3. The van der Waals surface area contributed by atoms with Crippen molar-refractivity contribution in [3.63, 3.8) is 0 Å². The van der Waals surface area contributed by atoms with E-state index in [1.54, 1.807) is 17.4 Å². The first-order valence-electron chi connectivity index (χ1n) is 5.56. The van der Waals surface area contributed by atoms with Crippen LogP contribution in [0.1, 0.15) is 16.7 Å². The number of thiophene rings is 1. The van der Waals surface area contributed by atoms with E-state index >= 15 is 0 Å². The molecule has 1 aliphatic heterocycles. The number of hydrogen-bond donors (Lipinski definition) is 0. The second-order valence-corrected chi connectivity index (χ2v) is 6.01. The molecular formula is C13H16O3S. The second-order valence-electron chi connectivity index (χ2n) is 4.69. The van der Waals surface area contributed by atoms with Crippen LogP contribution in [0.3, 0.4) is 0 Å². The minimum Gasteiger partial charge on any atom is -0.462 e. The summed E-state index contributed by atoms with van der Waals surface area (Å²) in [5.74, 6) is -0.288. The fourth-order valence-electron chi connectivity index (χ4n) is 1.52. The Morgan fingerprint density at radius 2 is 2.35 bits per heavy atom. The van der Waals surface area contributed by atoms with E-state index in [0.717, 1.165) is 4.88 Å². The van der Waals surface area contributed by atoms with Crippen molar-refractivity contribution >= 4 is 23.4 Å². The molecule has 1 saturated heterocycles. The van der Waals surface area contributed by atoms with Crippen molar-refractivity contribution < 1.29 is 14.3 Å². The number of hydrogen-bond acceptors (Lipinski definition) is 4. The van der Waals surface area contributed by atoms with E-state index in [-0.39, 0.29) is 11.4 Å². The molecule has 3 nitrogen and oxygen atoms in total. The predicted octanol–water partition coefficient (Wildman–Crippen LogP) is 2.65. The summed E-state index contributed by atoms with van der Waals surface area (Å²) in [6.45, 7) is 5.87. The van der Waals surface area contributed by atoms with Crippen LogP contribution in [0.5, 0.6) is 0 Å². The molecule has 0 amide bonds. The number of carbonyl (C=O) groups excluding carboxylic acids is 1. The maximum absolute atomic E-state index is 11.5. The summed E-state index contributed by atoms with van der Waals surface area (Å²) < 4.78 is 10.3. The van der Waals surface area contributed by atoms with Gasteiger partial charge in [-0.3, -0.25) is 0 Å². The van der Waals surface area contributed by atoms with Crippen LogP contribution >= 0.6 is 11.3 Å². The van der Waals surface area contributed by atoms with E-state index in [9.17, 15) is 4.79 Å². The molecule has 0 spiro atoms. The van der Waals surface area contributed by atoms with Gasteiger partial charge in [0.25, 0.3) is 0 Å². The summed E-state index contributed by atoms with van der Waals surface area (Å²) in [5, 5.41) is 0. The van der Waals surface area contributed by atoms with Crippen LogP contribution in [-0.2, 0) is 14.3 Å². The number of esters is 1. The molecule has 4 heteroatoms. The third-order valence-electron chi connectivity index (χ3n) is 2.61. The highest BCUT2D eigenvalue weighted by Gasteiger charge is 2.34. The summed E-state index contributed by atoms with van der Waals surface area (Å²) in [5.41, 5.74) is 0.0169. The first-order valence-corrected chi connectivity index (χ1v) is 6.38.